The lowest BCUT2D eigenvalue weighted by Crippen LogP contribution is -2.50. The fourth-order valence-corrected chi connectivity index (χ4v) is 6.97. The molecule has 8 heteroatoms. The van der Waals surface area contributed by atoms with Gasteiger partial charge in [0, 0.05) is 37.1 Å². The zero-order chi connectivity index (χ0) is 29.2. The summed E-state index contributed by atoms with van der Waals surface area (Å²) < 4.78 is 11.6. The highest BCUT2D eigenvalue weighted by Gasteiger charge is 2.50. The topological polar surface area (TPSA) is 79.3 Å². The van der Waals surface area contributed by atoms with Crippen LogP contribution >= 0.6 is 11.6 Å². The fourth-order valence-electron chi connectivity index (χ4n) is 6.78. The number of hydrogen-bond acceptors (Lipinski definition) is 6. The highest BCUT2D eigenvalue weighted by molar-refractivity contribution is 6.30. The minimum Gasteiger partial charge on any atom is -0.490 e. The second kappa shape index (κ2) is 12.1. The molecule has 0 saturated heterocycles. The zero-order valence-electron chi connectivity index (χ0n) is 24.3. The number of halogens is 1. The number of carbonyl (C=O) groups is 2. The summed E-state index contributed by atoms with van der Waals surface area (Å²) in [4.78, 5) is 30.5. The molecule has 0 unspecified atom stereocenters. The minimum atomic E-state index is -2.17. The molecule has 2 heterocycles. The van der Waals surface area contributed by atoms with E-state index in [1.807, 2.05) is 24.3 Å². The molecule has 3 atom stereocenters. The highest BCUT2D eigenvalue weighted by Crippen LogP contribution is 2.46. The van der Waals surface area contributed by atoms with E-state index >= 15 is 0 Å². The quantitative estimate of drug-likeness (QED) is 0.359. The van der Waals surface area contributed by atoms with E-state index in [4.69, 9.17) is 21.1 Å². The van der Waals surface area contributed by atoms with Gasteiger partial charge in [0.05, 0.1) is 25.3 Å². The first kappa shape index (κ1) is 29.5. The number of aliphatic hydroxyl groups is 1. The predicted octanol–water partition coefficient (Wildman–Crippen LogP) is 5.40. The Morgan fingerprint density at radius 2 is 1.95 bits per heavy atom. The minimum absolute atomic E-state index is 0.217. The van der Waals surface area contributed by atoms with Crippen LogP contribution in [0, 0.1) is 5.92 Å². The lowest BCUT2D eigenvalue weighted by Gasteiger charge is -2.41. The number of fused-ring (bicyclic) bond motifs is 3. The van der Waals surface area contributed by atoms with E-state index in [0.29, 0.717) is 24.5 Å². The molecule has 2 aromatic carbocycles. The molecule has 1 aliphatic carbocycles. The third-order valence-corrected chi connectivity index (χ3v) is 9.43. The summed E-state index contributed by atoms with van der Waals surface area (Å²) in [5, 5.41) is 12.7. The maximum atomic E-state index is 13.4. The number of likely N-dealkylation sites (N-methyl/N-ethyl adjacent to an activating group) is 1. The number of benzene rings is 2. The standard InChI is InChI=1S/C33H41ClN2O5/c1-23-30(37)35(2)17-8-6-4-5-7-9-18-36-21-32(16-10-11-24-19-26(34)13-14-27(24)32)22-41-29-15-12-25(20-28(29)36)33(23,39)31(38)40-3/h6,8,12-15,19-20,23,39H,4-5,7,9-11,16-18,21-22H2,1-3H3/b8-6-/t23-,32+,33-/m1/s1. The summed E-state index contributed by atoms with van der Waals surface area (Å²) in [6.45, 7) is 4.06. The lowest BCUT2D eigenvalue weighted by molar-refractivity contribution is -0.175. The van der Waals surface area contributed by atoms with Crippen molar-refractivity contribution in [3.63, 3.8) is 0 Å². The van der Waals surface area contributed by atoms with Gasteiger partial charge in [-0.15, -0.1) is 0 Å². The van der Waals surface area contributed by atoms with Crippen LogP contribution in [0.4, 0.5) is 5.69 Å². The summed E-state index contributed by atoms with van der Waals surface area (Å²) in [6, 6.07) is 11.5. The van der Waals surface area contributed by atoms with E-state index < -0.39 is 17.5 Å². The zero-order valence-corrected chi connectivity index (χ0v) is 25.1. The molecule has 2 aromatic rings. The van der Waals surface area contributed by atoms with Crippen LogP contribution < -0.4 is 9.64 Å². The summed E-state index contributed by atoms with van der Waals surface area (Å²) in [5.41, 5.74) is 1.32. The van der Waals surface area contributed by atoms with Gasteiger partial charge >= 0.3 is 5.97 Å². The van der Waals surface area contributed by atoms with Crippen molar-refractivity contribution in [2.24, 2.45) is 5.92 Å². The molecule has 0 radical (unpaired) electrons. The molecule has 1 N–H and O–H groups in total. The number of rotatable bonds is 1. The third kappa shape index (κ3) is 5.59. The number of hydrogen-bond donors (Lipinski definition) is 1. The number of anilines is 1. The van der Waals surface area contributed by atoms with Gasteiger partial charge in [-0.1, -0.05) is 42.3 Å². The van der Waals surface area contributed by atoms with Gasteiger partial charge in [-0.3, -0.25) is 4.79 Å². The summed E-state index contributed by atoms with van der Waals surface area (Å²) in [6.07, 6.45) is 11.2. The molecule has 0 fully saturated rings. The summed E-state index contributed by atoms with van der Waals surface area (Å²) >= 11 is 6.38. The van der Waals surface area contributed by atoms with Crippen molar-refractivity contribution in [1.29, 1.82) is 0 Å². The lowest BCUT2D eigenvalue weighted by atomic mass is 9.70. The smallest absolute Gasteiger partial charge is 0.343 e. The highest BCUT2D eigenvalue weighted by atomic mass is 35.5. The number of esters is 1. The molecule has 0 aromatic heterocycles. The Hall–Kier alpha value is -3.03. The Bertz CT molecular complexity index is 1330. The summed E-state index contributed by atoms with van der Waals surface area (Å²) in [7, 11) is 2.92. The number of aryl methyl sites for hydroxylation is 1. The molecule has 5 rings (SSSR count). The average Bonchev–Trinajstić information content (AvgIpc) is 3.13. The van der Waals surface area contributed by atoms with Crippen molar-refractivity contribution in [3.05, 3.63) is 70.3 Å². The molecular formula is C33H41ClN2O5. The van der Waals surface area contributed by atoms with Crippen LogP contribution in [0.1, 0.15) is 62.1 Å². The van der Waals surface area contributed by atoms with E-state index in [-0.39, 0.29) is 11.3 Å². The van der Waals surface area contributed by atoms with Crippen LogP contribution in [0.3, 0.4) is 0 Å². The van der Waals surface area contributed by atoms with Crippen molar-refractivity contribution < 1.29 is 24.2 Å². The number of amides is 1. The molecular weight excluding hydrogens is 540 g/mol. The fraction of sp³-hybridized carbons (Fsp3) is 0.515. The second-order valence-electron chi connectivity index (χ2n) is 11.8. The number of ether oxygens (including phenoxy) is 2. The molecule has 2 aliphatic heterocycles. The first-order valence-corrected chi connectivity index (χ1v) is 15.1. The van der Waals surface area contributed by atoms with Crippen LogP contribution in [0.15, 0.2) is 48.6 Å². The van der Waals surface area contributed by atoms with Gasteiger partial charge in [0.25, 0.3) is 0 Å². The van der Waals surface area contributed by atoms with E-state index in [0.717, 1.165) is 68.7 Å². The monoisotopic (exact) mass is 580 g/mol. The normalized spacial score (nSPS) is 27.9. The summed E-state index contributed by atoms with van der Waals surface area (Å²) in [5.74, 6) is -1.56. The average molecular weight is 581 g/mol. The first-order chi connectivity index (χ1) is 19.7. The van der Waals surface area contributed by atoms with E-state index in [1.54, 1.807) is 20.0 Å². The van der Waals surface area contributed by atoms with E-state index in [1.165, 1.54) is 23.1 Å². The predicted molar refractivity (Wildman–Crippen MR) is 161 cm³/mol. The molecule has 220 valence electrons. The Kier molecular flexibility index (Phi) is 8.67. The largest absolute Gasteiger partial charge is 0.490 e. The molecule has 7 nitrogen and oxygen atoms in total. The van der Waals surface area contributed by atoms with Gasteiger partial charge in [-0.05, 0) is 86.4 Å². The van der Waals surface area contributed by atoms with Crippen molar-refractivity contribution in [3.8, 4) is 5.75 Å². The Morgan fingerprint density at radius 3 is 2.76 bits per heavy atom. The van der Waals surface area contributed by atoms with Gasteiger partial charge in [0.1, 0.15) is 5.75 Å². The van der Waals surface area contributed by atoms with Gasteiger partial charge in [-0.2, -0.15) is 0 Å². The molecule has 3 aliphatic rings. The number of methoxy groups -OCH3 is 1. The number of carbonyl (C=O) groups excluding carboxylic acids is 2. The second-order valence-corrected chi connectivity index (χ2v) is 12.3. The molecule has 1 spiro atoms. The van der Waals surface area contributed by atoms with E-state index in [9.17, 15) is 14.7 Å². The molecule has 2 bridgehead atoms. The maximum absolute atomic E-state index is 13.4. The van der Waals surface area contributed by atoms with Crippen LogP contribution in [0.5, 0.6) is 5.75 Å². The molecule has 1 amide bonds. The SMILES string of the molecule is COC(=O)[C@]1(O)c2ccc3c(c2)N(CCCCC/C=C\CN(C)C(=O)[C@H]1C)C[C@@]1(CCCc2cc(Cl)ccc21)CO3. The van der Waals surface area contributed by atoms with Crippen LogP contribution in [0.25, 0.3) is 0 Å². The van der Waals surface area contributed by atoms with Gasteiger partial charge in [0.2, 0.25) is 5.91 Å². The molecule has 41 heavy (non-hydrogen) atoms. The Morgan fingerprint density at radius 1 is 1.12 bits per heavy atom. The molecule has 0 saturated carbocycles. The first-order valence-electron chi connectivity index (χ1n) is 14.7. The van der Waals surface area contributed by atoms with Crippen LogP contribution in [-0.2, 0) is 31.8 Å². The maximum Gasteiger partial charge on any atom is 0.343 e. The van der Waals surface area contributed by atoms with E-state index in [2.05, 4.69) is 23.1 Å². The van der Waals surface area contributed by atoms with Crippen molar-refractivity contribution >= 4 is 29.2 Å². The van der Waals surface area contributed by atoms with Crippen molar-refractivity contribution in [2.45, 2.75) is 62.9 Å². The number of allylic oxidation sites excluding steroid dienone is 1. The van der Waals surface area contributed by atoms with Crippen molar-refractivity contribution in [1.82, 2.24) is 4.90 Å². The Balaban J connectivity index is 1.61. The number of nitrogens with zero attached hydrogens (tertiary/aromatic N) is 2. The van der Waals surface area contributed by atoms with Gasteiger partial charge in [-0.25, -0.2) is 4.79 Å². The van der Waals surface area contributed by atoms with Crippen molar-refractivity contribution in [2.75, 3.05) is 45.3 Å². The van der Waals surface area contributed by atoms with Crippen LogP contribution in [0.2, 0.25) is 5.02 Å². The van der Waals surface area contributed by atoms with Gasteiger partial charge < -0.3 is 24.4 Å². The van der Waals surface area contributed by atoms with Gasteiger partial charge in [0.15, 0.2) is 5.60 Å². The Labute approximate surface area is 248 Å². The van der Waals surface area contributed by atoms with Crippen LogP contribution in [-0.4, -0.2) is 62.3 Å². The third-order valence-electron chi connectivity index (χ3n) is 9.19.